The molecule has 6 heteroatoms. The molecule has 0 bridgehead atoms. The minimum Gasteiger partial charge on any atom is -0.462 e. The van der Waals surface area contributed by atoms with Gasteiger partial charge >= 0.3 is 11.9 Å². The highest BCUT2D eigenvalue weighted by Crippen LogP contribution is 2.24. The number of unbranched alkanes of at least 4 members (excludes halogenated alkanes) is 2. The number of nitrogens with one attached hydrogen (secondary N) is 1. The van der Waals surface area contributed by atoms with E-state index in [4.69, 9.17) is 14.2 Å². The Morgan fingerprint density at radius 2 is 1.41 bits per heavy atom. The van der Waals surface area contributed by atoms with Gasteiger partial charge in [0.05, 0.1) is 30.4 Å². The van der Waals surface area contributed by atoms with Crippen LogP contribution in [0.5, 0.6) is 5.75 Å². The van der Waals surface area contributed by atoms with Gasteiger partial charge in [0.15, 0.2) is 0 Å². The number of epoxide rings is 1. The van der Waals surface area contributed by atoms with Gasteiger partial charge < -0.3 is 19.5 Å². The van der Waals surface area contributed by atoms with Crippen LogP contribution in [0.1, 0.15) is 46.4 Å². The van der Waals surface area contributed by atoms with Gasteiger partial charge in [-0.05, 0) is 78.9 Å². The summed E-state index contributed by atoms with van der Waals surface area (Å²) in [6.45, 7) is 1.33. The number of rotatable bonds is 11. The van der Waals surface area contributed by atoms with Crippen LogP contribution >= 0.6 is 0 Å². The number of hydrogen-bond acceptors (Lipinski definition) is 6. The van der Waals surface area contributed by atoms with E-state index < -0.39 is 5.97 Å². The quantitative estimate of drug-likeness (QED) is 0.171. The zero-order valence-corrected chi connectivity index (χ0v) is 19.3. The Morgan fingerprint density at radius 1 is 0.824 bits per heavy atom. The molecule has 1 atom stereocenters. The van der Waals surface area contributed by atoms with Crippen LogP contribution < -0.4 is 10.1 Å². The molecule has 0 aliphatic carbocycles. The second-order valence-corrected chi connectivity index (χ2v) is 8.26. The third-order valence-electron chi connectivity index (χ3n) is 5.73. The second kappa shape index (κ2) is 11.5. The average molecular weight is 460 g/mol. The smallest absolute Gasteiger partial charge is 0.343 e. The maximum atomic E-state index is 12.3. The van der Waals surface area contributed by atoms with Crippen LogP contribution in [-0.4, -0.2) is 38.3 Å². The van der Waals surface area contributed by atoms with Gasteiger partial charge in [0.2, 0.25) is 0 Å². The maximum Gasteiger partial charge on any atom is 0.343 e. The predicted molar refractivity (Wildman–Crippen MR) is 131 cm³/mol. The van der Waals surface area contributed by atoms with E-state index in [2.05, 4.69) is 5.32 Å². The molecular weight excluding hydrogens is 430 g/mol. The van der Waals surface area contributed by atoms with E-state index in [1.54, 1.807) is 36.4 Å². The van der Waals surface area contributed by atoms with Gasteiger partial charge in [0.1, 0.15) is 5.75 Å². The van der Waals surface area contributed by atoms with Crippen molar-refractivity contribution >= 4 is 17.6 Å². The molecule has 1 N–H and O–H groups in total. The molecule has 4 rings (SSSR count). The fourth-order valence-corrected chi connectivity index (χ4v) is 3.59. The average Bonchev–Trinajstić information content (AvgIpc) is 3.71. The van der Waals surface area contributed by atoms with Gasteiger partial charge in [-0.25, -0.2) is 9.59 Å². The number of benzene rings is 3. The molecule has 6 nitrogen and oxygen atoms in total. The highest BCUT2D eigenvalue weighted by molar-refractivity contribution is 5.91. The zero-order valence-electron chi connectivity index (χ0n) is 19.3. The maximum absolute atomic E-state index is 12.3. The van der Waals surface area contributed by atoms with E-state index in [-0.39, 0.29) is 5.97 Å². The number of hydrogen-bond donors (Lipinski definition) is 1. The van der Waals surface area contributed by atoms with Gasteiger partial charge in [-0.15, -0.1) is 0 Å². The van der Waals surface area contributed by atoms with Crippen LogP contribution in [0.2, 0.25) is 0 Å². The summed E-state index contributed by atoms with van der Waals surface area (Å²) < 4.78 is 16.0. The van der Waals surface area contributed by atoms with Gasteiger partial charge in [-0.2, -0.15) is 0 Å². The van der Waals surface area contributed by atoms with Crippen LogP contribution in [0.25, 0.3) is 11.1 Å². The molecule has 1 unspecified atom stereocenters. The van der Waals surface area contributed by atoms with Crippen molar-refractivity contribution in [2.75, 3.05) is 25.6 Å². The second-order valence-electron chi connectivity index (χ2n) is 8.26. The highest BCUT2D eigenvalue weighted by atomic mass is 16.6. The largest absolute Gasteiger partial charge is 0.462 e. The van der Waals surface area contributed by atoms with E-state index in [0.717, 1.165) is 49.1 Å². The molecule has 3 aromatic carbocycles. The zero-order chi connectivity index (χ0) is 23.8. The molecular formula is C28H29NO5. The van der Waals surface area contributed by atoms with Gasteiger partial charge in [0.25, 0.3) is 0 Å². The van der Waals surface area contributed by atoms with Crippen LogP contribution in [0.4, 0.5) is 5.69 Å². The lowest BCUT2D eigenvalue weighted by Gasteiger charge is -2.08. The normalized spacial score (nSPS) is 14.3. The summed E-state index contributed by atoms with van der Waals surface area (Å²) in [5.41, 5.74) is 3.86. The molecule has 176 valence electrons. The lowest BCUT2D eigenvalue weighted by atomic mass is 10.0. The minimum atomic E-state index is -0.407. The Bertz CT molecular complexity index is 1090. The number of esters is 2. The first-order valence-electron chi connectivity index (χ1n) is 11.6. The Labute approximate surface area is 199 Å². The molecule has 1 fully saturated rings. The summed E-state index contributed by atoms with van der Waals surface area (Å²) in [7, 11) is 1.82. The topological polar surface area (TPSA) is 77.2 Å². The Kier molecular flexibility index (Phi) is 7.94. The van der Waals surface area contributed by atoms with Crippen molar-refractivity contribution < 1.29 is 23.8 Å². The molecule has 1 aliphatic heterocycles. The summed E-state index contributed by atoms with van der Waals surface area (Å²) in [6, 6.07) is 21.7. The number of carbonyl (C=O) groups excluding carboxylic acids is 2. The predicted octanol–water partition coefficient (Wildman–Crippen LogP) is 5.73. The first-order valence-corrected chi connectivity index (χ1v) is 11.6. The van der Waals surface area contributed by atoms with Gasteiger partial charge in [0, 0.05) is 12.7 Å². The summed E-state index contributed by atoms with van der Waals surface area (Å²) >= 11 is 0. The van der Waals surface area contributed by atoms with E-state index in [1.165, 1.54) is 0 Å². The molecule has 0 aromatic heterocycles. The van der Waals surface area contributed by atoms with Crippen molar-refractivity contribution in [3.63, 3.8) is 0 Å². The van der Waals surface area contributed by atoms with Crippen molar-refractivity contribution in [1.82, 2.24) is 0 Å². The molecule has 1 heterocycles. The Morgan fingerprint density at radius 3 is 2.03 bits per heavy atom. The van der Waals surface area contributed by atoms with Crippen molar-refractivity contribution in [2.24, 2.45) is 0 Å². The summed E-state index contributed by atoms with van der Waals surface area (Å²) in [6.07, 6.45) is 4.59. The lowest BCUT2D eigenvalue weighted by Crippen LogP contribution is -2.08. The monoisotopic (exact) mass is 459 g/mol. The molecule has 0 amide bonds. The molecule has 34 heavy (non-hydrogen) atoms. The third kappa shape index (κ3) is 6.68. The van der Waals surface area contributed by atoms with Crippen LogP contribution in [0, 0.1) is 0 Å². The van der Waals surface area contributed by atoms with Crippen LogP contribution in [0.15, 0.2) is 72.8 Å². The fourth-order valence-electron chi connectivity index (χ4n) is 3.59. The first kappa shape index (κ1) is 23.5. The standard InChI is InChI=1S/C28H29NO5/c1-29-24-14-10-23(11-15-24)28(31)34-25-16-12-21(13-17-25)20-6-8-22(9-7-20)27(30)32-18-4-2-3-5-26-19-33-26/h6-17,26,29H,2-5,18-19H2,1H3. The minimum absolute atomic E-state index is 0.304. The summed E-state index contributed by atoms with van der Waals surface area (Å²) in [5.74, 6) is -0.242. The van der Waals surface area contributed by atoms with Crippen molar-refractivity contribution in [2.45, 2.75) is 31.8 Å². The number of carbonyl (C=O) groups is 2. The molecule has 0 saturated carbocycles. The fraction of sp³-hybridized carbons (Fsp3) is 0.286. The summed E-state index contributed by atoms with van der Waals surface area (Å²) in [5, 5.41) is 3.01. The van der Waals surface area contributed by atoms with Crippen molar-refractivity contribution in [3.05, 3.63) is 83.9 Å². The third-order valence-corrected chi connectivity index (χ3v) is 5.73. The lowest BCUT2D eigenvalue weighted by molar-refractivity contribution is 0.0497. The van der Waals surface area contributed by atoms with E-state index in [1.807, 2.05) is 43.4 Å². The molecule has 3 aromatic rings. The molecule has 0 radical (unpaired) electrons. The Hall–Kier alpha value is -3.64. The van der Waals surface area contributed by atoms with Gasteiger partial charge in [-0.1, -0.05) is 30.7 Å². The van der Waals surface area contributed by atoms with Gasteiger partial charge in [-0.3, -0.25) is 0 Å². The SMILES string of the molecule is CNc1ccc(C(=O)Oc2ccc(-c3ccc(C(=O)OCCCCCC4CO4)cc3)cc2)cc1. The number of ether oxygens (including phenoxy) is 3. The van der Waals surface area contributed by atoms with Crippen LogP contribution in [0.3, 0.4) is 0 Å². The highest BCUT2D eigenvalue weighted by Gasteiger charge is 2.21. The van der Waals surface area contributed by atoms with E-state index in [0.29, 0.717) is 29.6 Å². The van der Waals surface area contributed by atoms with E-state index >= 15 is 0 Å². The first-order chi connectivity index (χ1) is 16.6. The summed E-state index contributed by atoms with van der Waals surface area (Å²) in [4.78, 5) is 24.6. The van der Waals surface area contributed by atoms with Crippen LogP contribution in [-0.2, 0) is 9.47 Å². The van der Waals surface area contributed by atoms with Crippen molar-refractivity contribution in [1.29, 1.82) is 0 Å². The van der Waals surface area contributed by atoms with E-state index in [9.17, 15) is 9.59 Å². The van der Waals surface area contributed by atoms with Crippen molar-refractivity contribution in [3.8, 4) is 16.9 Å². The Balaban J connectivity index is 1.25. The molecule has 1 aliphatic rings. The molecule has 0 spiro atoms. The molecule has 1 saturated heterocycles. The number of anilines is 1.